The number of nitrogens with zero attached hydrogens (tertiary/aromatic N) is 2. The minimum absolute atomic E-state index is 0.00667. The summed E-state index contributed by atoms with van der Waals surface area (Å²) in [6, 6.07) is 27.5. The molecular formula is C37H39BrClN3O4S. The van der Waals surface area contributed by atoms with Crippen molar-refractivity contribution < 1.29 is 18.0 Å². The van der Waals surface area contributed by atoms with Gasteiger partial charge in [0.2, 0.25) is 11.8 Å². The number of carbonyl (C=O) groups is 2. The van der Waals surface area contributed by atoms with Crippen LogP contribution in [0, 0.1) is 13.8 Å². The van der Waals surface area contributed by atoms with Gasteiger partial charge in [-0.1, -0.05) is 88.9 Å². The van der Waals surface area contributed by atoms with E-state index in [1.807, 2.05) is 74.5 Å². The molecule has 7 nitrogen and oxygen atoms in total. The third-order valence-corrected chi connectivity index (χ3v) is 11.3. The molecule has 1 fully saturated rings. The summed E-state index contributed by atoms with van der Waals surface area (Å²) in [7, 11) is -4.21. The van der Waals surface area contributed by atoms with Crippen molar-refractivity contribution in [2.75, 3.05) is 10.8 Å². The molecule has 0 aliphatic heterocycles. The maximum Gasteiger partial charge on any atom is 0.264 e. The van der Waals surface area contributed by atoms with Gasteiger partial charge in [0.15, 0.2) is 0 Å². The van der Waals surface area contributed by atoms with Gasteiger partial charge in [-0.25, -0.2) is 8.42 Å². The first-order valence-corrected chi connectivity index (χ1v) is 18.4. The highest BCUT2D eigenvalue weighted by molar-refractivity contribution is 9.10. The molecule has 4 aromatic rings. The first-order valence-electron chi connectivity index (χ1n) is 15.7. The normalized spacial score (nSPS) is 14.0. The highest BCUT2D eigenvalue weighted by atomic mass is 79.9. The van der Waals surface area contributed by atoms with Crippen LogP contribution in [-0.2, 0) is 32.6 Å². The van der Waals surface area contributed by atoms with Gasteiger partial charge in [0.25, 0.3) is 10.0 Å². The van der Waals surface area contributed by atoms with E-state index in [0.29, 0.717) is 10.7 Å². The molecule has 0 radical (unpaired) electrons. The summed E-state index contributed by atoms with van der Waals surface area (Å²) in [6.45, 7) is 3.45. The van der Waals surface area contributed by atoms with Crippen molar-refractivity contribution in [2.24, 2.45) is 0 Å². The zero-order chi connectivity index (χ0) is 33.6. The van der Waals surface area contributed by atoms with Crippen LogP contribution in [0.4, 0.5) is 5.69 Å². The molecule has 1 aliphatic carbocycles. The molecule has 1 N–H and O–H groups in total. The molecule has 10 heteroatoms. The fraction of sp³-hybridized carbons (Fsp3) is 0.297. The standard InChI is InChI=1S/C37H39BrClN3O4S/c1-26-12-19-33(22-27(26)2)42(47(45,46)34-20-17-31(39)18-21-34)25-36(43)41(24-29-13-15-30(38)16-14-29)35(23-28-8-4-3-5-9-28)37(44)40-32-10-6-7-11-32/h3-5,8-9,12-22,32,35H,6-7,10-11,23-25H2,1-2H3,(H,40,44). The average Bonchev–Trinajstić information content (AvgIpc) is 3.57. The molecule has 1 atom stereocenters. The fourth-order valence-corrected chi connectivity index (χ4v) is 7.65. The molecule has 0 spiro atoms. The van der Waals surface area contributed by atoms with Crippen molar-refractivity contribution in [3.05, 3.63) is 129 Å². The van der Waals surface area contributed by atoms with Crippen molar-refractivity contribution in [2.45, 2.75) is 69.5 Å². The Morgan fingerprint density at radius 1 is 0.872 bits per heavy atom. The van der Waals surface area contributed by atoms with Crippen molar-refractivity contribution in [1.82, 2.24) is 10.2 Å². The Morgan fingerprint density at radius 2 is 1.53 bits per heavy atom. The SMILES string of the molecule is Cc1ccc(N(CC(=O)N(Cc2ccc(Br)cc2)C(Cc2ccccc2)C(=O)NC2CCCC2)S(=O)(=O)c2ccc(Cl)cc2)cc1C. The zero-order valence-electron chi connectivity index (χ0n) is 26.5. The van der Waals surface area contributed by atoms with Crippen molar-refractivity contribution >= 4 is 55.1 Å². The van der Waals surface area contributed by atoms with E-state index >= 15 is 0 Å². The summed E-state index contributed by atoms with van der Waals surface area (Å²) >= 11 is 9.57. The Morgan fingerprint density at radius 3 is 2.17 bits per heavy atom. The molecule has 47 heavy (non-hydrogen) atoms. The van der Waals surface area contributed by atoms with Crippen LogP contribution in [0.3, 0.4) is 0 Å². The second kappa shape index (κ2) is 15.5. The molecule has 2 amide bonds. The van der Waals surface area contributed by atoms with Crippen LogP contribution in [0.25, 0.3) is 0 Å². The highest BCUT2D eigenvalue weighted by Crippen LogP contribution is 2.28. The lowest BCUT2D eigenvalue weighted by Gasteiger charge is -2.34. The van der Waals surface area contributed by atoms with Gasteiger partial charge >= 0.3 is 0 Å². The number of amides is 2. The van der Waals surface area contributed by atoms with Gasteiger partial charge in [-0.3, -0.25) is 13.9 Å². The number of benzene rings is 4. The lowest BCUT2D eigenvalue weighted by Crippen LogP contribution is -2.54. The lowest BCUT2D eigenvalue weighted by molar-refractivity contribution is -0.140. The van der Waals surface area contributed by atoms with Gasteiger partial charge in [0.05, 0.1) is 10.6 Å². The molecule has 5 rings (SSSR count). The Labute approximate surface area is 291 Å². The minimum atomic E-state index is -4.21. The molecule has 0 aromatic heterocycles. The average molecular weight is 737 g/mol. The van der Waals surface area contributed by atoms with Crippen LogP contribution in [0.1, 0.15) is 47.9 Å². The quantitative estimate of drug-likeness (QED) is 0.162. The maximum atomic E-state index is 14.7. The van der Waals surface area contributed by atoms with E-state index < -0.39 is 28.5 Å². The smallest absolute Gasteiger partial charge is 0.264 e. The molecule has 1 unspecified atom stereocenters. The first kappa shape index (κ1) is 34.7. The van der Waals surface area contributed by atoms with Crippen LogP contribution in [-0.4, -0.2) is 43.8 Å². The predicted molar refractivity (Wildman–Crippen MR) is 191 cm³/mol. The summed E-state index contributed by atoms with van der Waals surface area (Å²) in [5, 5.41) is 3.60. The van der Waals surface area contributed by atoms with E-state index in [9.17, 15) is 18.0 Å². The predicted octanol–water partition coefficient (Wildman–Crippen LogP) is 7.61. The molecule has 0 saturated heterocycles. The van der Waals surface area contributed by atoms with Crippen molar-refractivity contribution in [3.8, 4) is 0 Å². The first-order chi connectivity index (χ1) is 22.5. The Kier molecular flexibility index (Phi) is 11.4. The fourth-order valence-electron chi connectivity index (χ4n) is 5.85. The van der Waals surface area contributed by atoms with Crippen molar-refractivity contribution in [1.29, 1.82) is 0 Å². The largest absolute Gasteiger partial charge is 0.352 e. The van der Waals surface area contributed by atoms with Gasteiger partial charge < -0.3 is 10.2 Å². The molecule has 0 heterocycles. The van der Waals surface area contributed by atoms with Crippen LogP contribution in [0.5, 0.6) is 0 Å². The van der Waals surface area contributed by atoms with E-state index in [-0.39, 0.29) is 29.8 Å². The molecule has 4 aromatic carbocycles. The monoisotopic (exact) mass is 735 g/mol. The van der Waals surface area contributed by atoms with E-state index in [0.717, 1.165) is 56.7 Å². The second-order valence-electron chi connectivity index (χ2n) is 12.1. The van der Waals surface area contributed by atoms with Gasteiger partial charge in [-0.2, -0.15) is 0 Å². The minimum Gasteiger partial charge on any atom is -0.352 e. The number of rotatable bonds is 12. The number of hydrogen-bond acceptors (Lipinski definition) is 4. The summed E-state index contributed by atoms with van der Waals surface area (Å²) in [5.41, 5.74) is 3.94. The maximum absolute atomic E-state index is 14.7. The van der Waals surface area contributed by atoms with Crippen LogP contribution in [0.2, 0.25) is 5.02 Å². The highest BCUT2D eigenvalue weighted by Gasteiger charge is 2.35. The molecule has 1 saturated carbocycles. The topological polar surface area (TPSA) is 86.8 Å². The Bertz CT molecular complexity index is 1800. The number of sulfonamides is 1. The summed E-state index contributed by atoms with van der Waals surface area (Å²) in [4.78, 5) is 30.3. The molecule has 1 aliphatic rings. The third-order valence-electron chi connectivity index (χ3n) is 8.70. The van der Waals surface area contributed by atoms with Gasteiger partial charge in [-0.05, 0) is 97.5 Å². The second-order valence-corrected chi connectivity index (χ2v) is 15.3. The number of aryl methyl sites for hydroxylation is 2. The number of carbonyl (C=O) groups excluding carboxylic acids is 2. The molecular weight excluding hydrogens is 698 g/mol. The summed E-state index contributed by atoms with van der Waals surface area (Å²) in [6.07, 6.45) is 4.15. The van der Waals surface area contributed by atoms with E-state index in [2.05, 4.69) is 21.2 Å². The van der Waals surface area contributed by atoms with E-state index in [1.54, 1.807) is 12.1 Å². The molecule has 0 bridgehead atoms. The van der Waals surface area contributed by atoms with Gasteiger partial charge in [-0.15, -0.1) is 0 Å². The number of halogens is 2. The van der Waals surface area contributed by atoms with Gasteiger partial charge in [0, 0.05) is 28.5 Å². The zero-order valence-corrected chi connectivity index (χ0v) is 29.7. The number of anilines is 1. The summed E-state index contributed by atoms with van der Waals surface area (Å²) in [5.74, 6) is -0.740. The van der Waals surface area contributed by atoms with E-state index in [4.69, 9.17) is 11.6 Å². The van der Waals surface area contributed by atoms with Gasteiger partial charge in [0.1, 0.15) is 12.6 Å². The summed E-state index contributed by atoms with van der Waals surface area (Å²) < 4.78 is 30.5. The third kappa shape index (κ3) is 8.83. The Balaban J connectivity index is 1.57. The van der Waals surface area contributed by atoms with Crippen LogP contribution in [0.15, 0.2) is 106 Å². The van der Waals surface area contributed by atoms with Crippen LogP contribution < -0.4 is 9.62 Å². The lowest BCUT2D eigenvalue weighted by atomic mass is 10.0. The van der Waals surface area contributed by atoms with Crippen molar-refractivity contribution in [3.63, 3.8) is 0 Å². The number of hydrogen-bond donors (Lipinski definition) is 1. The number of nitrogens with one attached hydrogen (secondary N) is 1. The van der Waals surface area contributed by atoms with Crippen LogP contribution >= 0.6 is 27.5 Å². The van der Waals surface area contributed by atoms with E-state index in [1.165, 1.54) is 29.2 Å². The Hall–Kier alpha value is -3.66. The molecule has 246 valence electrons.